The molecule has 0 amide bonds. The molecule has 0 saturated carbocycles. The molecule has 0 fully saturated rings. The second kappa shape index (κ2) is 3.17. The molecule has 0 aliphatic heterocycles. The van der Waals surface area contributed by atoms with Gasteiger partial charge in [0.2, 0.25) is 0 Å². The lowest BCUT2D eigenvalue weighted by atomic mass is 10.9. The number of methoxy groups -OCH3 is 1. The number of halogens is 1. The predicted octanol–water partition coefficient (Wildman–Crippen LogP) is 1.09. The van der Waals surface area contributed by atoms with Gasteiger partial charge < -0.3 is 9.30 Å². The fourth-order valence-electron chi connectivity index (χ4n) is 0.552. The van der Waals surface area contributed by atoms with Crippen molar-refractivity contribution in [3.63, 3.8) is 0 Å². The summed E-state index contributed by atoms with van der Waals surface area (Å²) in [7, 11) is 1.66. The largest absolute Gasteiger partial charge is 0.364 e. The Labute approximate surface area is 67.2 Å². The minimum absolute atomic E-state index is 0.579. The molecular weight excluding hydrogens is 231 g/mol. The summed E-state index contributed by atoms with van der Waals surface area (Å²) in [5.74, 6) is 0. The van der Waals surface area contributed by atoms with Crippen molar-refractivity contribution in [1.29, 1.82) is 0 Å². The van der Waals surface area contributed by atoms with Crippen molar-refractivity contribution in [2.45, 2.75) is 6.73 Å². The van der Waals surface area contributed by atoms with Gasteiger partial charge in [0.15, 0.2) is 0 Å². The van der Waals surface area contributed by atoms with Crippen LogP contribution in [0.15, 0.2) is 12.5 Å². The van der Waals surface area contributed by atoms with E-state index in [1.165, 1.54) is 0 Å². The Morgan fingerprint density at radius 1 is 1.89 bits per heavy atom. The van der Waals surface area contributed by atoms with Gasteiger partial charge in [-0.3, -0.25) is 0 Å². The first-order valence-corrected chi connectivity index (χ1v) is 3.57. The van der Waals surface area contributed by atoms with Crippen LogP contribution in [0.5, 0.6) is 0 Å². The molecule has 0 spiro atoms. The van der Waals surface area contributed by atoms with Crippen LogP contribution in [-0.4, -0.2) is 16.7 Å². The van der Waals surface area contributed by atoms with E-state index in [4.69, 9.17) is 4.74 Å². The van der Waals surface area contributed by atoms with Crippen LogP contribution in [0.1, 0.15) is 0 Å². The maximum atomic E-state index is 4.86. The molecule has 50 valence electrons. The smallest absolute Gasteiger partial charge is 0.123 e. The molecule has 1 aromatic rings. The van der Waals surface area contributed by atoms with Crippen LogP contribution in [0.25, 0.3) is 0 Å². The van der Waals surface area contributed by atoms with Gasteiger partial charge in [-0.15, -0.1) is 0 Å². The predicted molar refractivity (Wildman–Crippen MR) is 42.0 cm³/mol. The summed E-state index contributed by atoms with van der Waals surface area (Å²) in [5, 5.41) is 0. The van der Waals surface area contributed by atoms with Crippen molar-refractivity contribution < 1.29 is 4.74 Å². The Kier molecular flexibility index (Phi) is 2.47. The molecule has 1 heterocycles. The van der Waals surface area contributed by atoms with Crippen molar-refractivity contribution in [2.75, 3.05) is 7.11 Å². The minimum atomic E-state index is 0.579. The Hall–Kier alpha value is -0.100. The molecule has 1 rings (SSSR count). The van der Waals surface area contributed by atoms with Crippen LogP contribution in [0.3, 0.4) is 0 Å². The zero-order valence-electron chi connectivity index (χ0n) is 5.04. The van der Waals surface area contributed by atoms with Gasteiger partial charge in [-0.2, -0.15) is 0 Å². The molecule has 0 radical (unpaired) electrons. The van der Waals surface area contributed by atoms with Crippen LogP contribution in [0.2, 0.25) is 0 Å². The lowest BCUT2D eigenvalue weighted by Gasteiger charge is -1.95. The molecule has 0 atom stereocenters. The summed E-state index contributed by atoms with van der Waals surface area (Å²) < 4.78 is 7.73. The highest BCUT2D eigenvalue weighted by Gasteiger charge is 1.90. The quantitative estimate of drug-likeness (QED) is 0.721. The van der Waals surface area contributed by atoms with Crippen molar-refractivity contribution >= 4 is 22.6 Å². The molecule has 0 N–H and O–H groups in total. The molecule has 3 nitrogen and oxygen atoms in total. The third kappa shape index (κ3) is 1.94. The number of ether oxygens (including phenoxy) is 1. The van der Waals surface area contributed by atoms with Gasteiger partial charge in [0.05, 0.1) is 6.33 Å². The molecule has 4 heteroatoms. The highest BCUT2D eigenvalue weighted by molar-refractivity contribution is 14.1. The summed E-state index contributed by atoms with van der Waals surface area (Å²) in [4.78, 5) is 4.00. The van der Waals surface area contributed by atoms with Crippen LogP contribution in [0, 0.1) is 3.70 Å². The fraction of sp³-hybridized carbons (Fsp3) is 0.400. The van der Waals surface area contributed by atoms with E-state index in [9.17, 15) is 0 Å². The number of rotatable bonds is 2. The van der Waals surface area contributed by atoms with E-state index in [1.54, 1.807) is 13.4 Å². The highest BCUT2D eigenvalue weighted by Crippen LogP contribution is 1.98. The first kappa shape index (κ1) is 7.01. The maximum absolute atomic E-state index is 4.86. The molecule has 0 aliphatic carbocycles. The van der Waals surface area contributed by atoms with Gasteiger partial charge in [0, 0.05) is 13.3 Å². The second-order valence-electron chi connectivity index (χ2n) is 1.63. The second-order valence-corrected chi connectivity index (χ2v) is 2.73. The van der Waals surface area contributed by atoms with Crippen molar-refractivity contribution in [1.82, 2.24) is 9.55 Å². The Morgan fingerprint density at radius 3 is 3.11 bits per heavy atom. The minimum Gasteiger partial charge on any atom is -0.364 e. The number of imidazole rings is 1. The van der Waals surface area contributed by atoms with Gasteiger partial charge in [0.1, 0.15) is 10.4 Å². The zero-order valence-corrected chi connectivity index (χ0v) is 7.20. The summed E-state index contributed by atoms with van der Waals surface area (Å²) in [6.07, 6.45) is 3.66. The third-order valence-corrected chi connectivity index (χ3v) is 1.44. The number of hydrogen-bond donors (Lipinski definition) is 0. The summed E-state index contributed by atoms with van der Waals surface area (Å²) in [5.41, 5.74) is 0. The number of aromatic nitrogens is 2. The first-order valence-electron chi connectivity index (χ1n) is 2.49. The van der Waals surface area contributed by atoms with E-state index < -0.39 is 0 Å². The Bertz CT molecular complexity index is 187. The SMILES string of the molecule is COCn1cnc(I)c1. The molecule has 1 aromatic heterocycles. The van der Waals surface area contributed by atoms with E-state index in [0.29, 0.717) is 6.73 Å². The lowest BCUT2D eigenvalue weighted by Crippen LogP contribution is -1.94. The normalized spacial score (nSPS) is 10.0. The van der Waals surface area contributed by atoms with E-state index >= 15 is 0 Å². The van der Waals surface area contributed by atoms with Crippen LogP contribution in [-0.2, 0) is 11.5 Å². The van der Waals surface area contributed by atoms with Crippen molar-refractivity contribution in [2.24, 2.45) is 0 Å². The maximum Gasteiger partial charge on any atom is 0.123 e. The Morgan fingerprint density at radius 2 is 2.67 bits per heavy atom. The topological polar surface area (TPSA) is 27.1 Å². The van der Waals surface area contributed by atoms with Crippen LogP contribution < -0.4 is 0 Å². The van der Waals surface area contributed by atoms with Gasteiger partial charge in [-0.25, -0.2) is 4.98 Å². The Balaban J connectivity index is 2.61. The molecule has 0 aromatic carbocycles. The van der Waals surface area contributed by atoms with Gasteiger partial charge >= 0.3 is 0 Å². The van der Waals surface area contributed by atoms with E-state index in [0.717, 1.165) is 3.70 Å². The van der Waals surface area contributed by atoms with Gasteiger partial charge in [0.25, 0.3) is 0 Å². The molecule has 0 aliphatic rings. The van der Waals surface area contributed by atoms with Crippen LogP contribution in [0.4, 0.5) is 0 Å². The summed E-state index contributed by atoms with van der Waals surface area (Å²) >= 11 is 2.15. The fourth-order valence-corrected chi connectivity index (χ4v) is 1.03. The number of nitrogens with zero attached hydrogens (tertiary/aromatic N) is 2. The summed E-state index contributed by atoms with van der Waals surface area (Å²) in [6.45, 7) is 0.579. The zero-order chi connectivity index (χ0) is 6.69. The molecule has 0 saturated heterocycles. The van der Waals surface area contributed by atoms with Crippen molar-refractivity contribution in [3.8, 4) is 0 Å². The molecule has 0 bridgehead atoms. The van der Waals surface area contributed by atoms with E-state index in [2.05, 4.69) is 27.6 Å². The van der Waals surface area contributed by atoms with E-state index in [-0.39, 0.29) is 0 Å². The van der Waals surface area contributed by atoms with Crippen LogP contribution >= 0.6 is 22.6 Å². The molecular formula is C5H7IN2O. The third-order valence-electron chi connectivity index (χ3n) is 0.880. The standard InChI is InChI=1S/C5H7IN2O/c1-9-4-8-2-5(6)7-3-8/h2-3H,4H2,1H3. The van der Waals surface area contributed by atoms with Crippen molar-refractivity contribution in [3.05, 3.63) is 16.2 Å². The summed E-state index contributed by atoms with van der Waals surface area (Å²) in [6, 6.07) is 0. The lowest BCUT2D eigenvalue weighted by molar-refractivity contribution is 0.131. The van der Waals surface area contributed by atoms with Gasteiger partial charge in [-0.1, -0.05) is 0 Å². The average Bonchev–Trinajstić information content (AvgIpc) is 2.17. The highest BCUT2D eigenvalue weighted by atomic mass is 127. The first-order chi connectivity index (χ1) is 4.33. The molecule has 0 unspecified atom stereocenters. The molecule has 9 heavy (non-hydrogen) atoms. The average molecular weight is 238 g/mol. The number of hydrogen-bond acceptors (Lipinski definition) is 2. The monoisotopic (exact) mass is 238 g/mol. The van der Waals surface area contributed by atoms with Gasteiger partial charge in [-0.05, 0) is 22.6 Å². The van der Waals surface area contributed by atoms with E-state index in [1.807, 2.05) is 10.8 Å².